The predicted octanol–water partition coefficient (Wildman–Crippen LogP) is 2.95. The van der Waals surface area contributed by atoms with Gasteiger partial charge >= 0.3 is 0 Å². The number of amides is 2. The monoisotopic (exact) mass is 451 g/mol. The van der Waals surface area contributed by atoms with Crippen LogP contribution in [0.15, 0.2) is 24.3 Å². The maximum atomic E-state index is 12.2. The summed E-state index contributed by atoms with van der Waals surface area (Å²) in [6, 6.07) is 7.43. The van der Waals surface area contributed by atoms with E-state index in [1.165, 1.54) is 19.3 Å². The van der Waals surface area contributed by atoms with Crippen LogP contribution in [0.25, 0.3) is 0 Å². The molecule has 1 atom stereocenters. The first-order valence-corrected chi connectivity index (χ1v) is 11.2. The molecule has 1 aliphatic heterocycles. The molecule has 162 valence electrons. The molecule has 0 aliphatic carbocycles. The summed E-state index contributed by atoms with van der Waals surface area (Å²) in [6.07, 6.45) is 3.73. The number of aromatic nitrogens is 2. The molecule has 1 aromatic heterocycles. The number of nitrogens with zero attached hydrogens (tertiary/aromatic N) is 3. The van der Waals surface area contributed by atoms with E-state index in [0.29, 0.717) is 28.3 Å². The Morgan fingerprint density at radius 3 is 3.00 bits per heavy atom. The maximum absolute atomic E-state index is 12.2. The number of carbonyl (C=O) groups is 2. The Morgan fingerprint density at radius 1 is 1.33 bits per heavy atom. The molecule has 1 aliphatic rings. The van der Waals surface area contributed by atoms with Crippen molar-refractivity contribution in [2.75, 3.05) is 31.6 Å². The van der Waals surface area contributed by atoms with E-state index in [1.54, 1.807) is 24.3 Å². The van der Waals surface area contributed by atoms with Gasteiger partial charge in [-0.1, -0.05) is 35.4 Å². The number of rotatable bonds is 9. The van der Waals surface area contributed by atoms with Crippen molar-refractivity contribution in [2.45, 2.75) is 38.8 Å². The Labute approximate surface area is 185 Å². The number of hydrogen-bond donors (Lipinski definition) is 2. The molecule has 0 bridgehead atoms. The van der Waals surface area contributed by atoms with E-state index < -0.39 is 0 Å². The number of benzene rings is 1. The molecule has 30 heavy (non-hydrogen) atoms. The Morgan fingerprint density at radius 2 is 2.20 bits per heavy atom. The fourth-order valence-corrected chi connectivity index (χ4v) is 4.13. The highest BCUT2D eigenvalue weighted by Crippen LogP contribution is 2.18. The minimum absolute atomic E-state index is 0.0564. The fraction of sp³-hybridized carbons (Fsp3) is 0.500. The normalized spacial score (nSPS) is 16.9. The van der Waals surface area contributed by atoms with Gasteiger partial charge < -0.3 is 15.4 Å². The molecule has 1 fully saturated rings. The van der Waals surface area contributed by atoms with Gasteiger partial charge in [-0.3, -0.25) is 14.5 Å². The van der Waals surface area contributed by atoms with Crippen LogP contribution < -0.4 is 10.6 Å². The van der Waals surface area contributed by atoms with Crippen molar-refractivity contribution in [3.05, 3.63) is 39.3 Å². The van der Waals surface area contributed by atoms with Crippen LogP contribution in [0.2, 0.25) is 5.02 Å². The molecule has 3 rings (SSSR count). The van der Waals surface area contributed by atoms with Crippen LogP contribution in [0.3, 0.4) is 0 Å². The summed E-state index contributed by atoms with van der Waals surface area (Å²) in [4.78, 5) is 26.6. The lowest BCUT2D eigenvalue weighted by molar-refractivity contribution is -0.126. The van der Waals surface area contributed by atoms with E-state index >= 15 is 0 Å². The number of carbonyl (C=O) groups excluding carboxylic acids is 2. The first kappa shape index (κ1) is 22.6. The summed E-state index contributed by atoms with van der Waals surface area (Å²) < 4.78 is 5.41. The molecule has 2 aromatic rings. The van der Waals surface area contributed by atoms with Gasteiger partial charge in [0.15, 0.2) is 0 Å². The highest BCUT2D eigenvalue weighted by Gasteiger charge is 2.18. The average Bonchev–Trinajstić information content (AvgIpc) is 3.19. The second-order valence-electron chi connectivity index (χ2n) is 7.19. The third kappa shape index (κ3) is 7.02. The average molecular weight is 452 g/mol. The van der Waals surface area contributed by atoms with Crippen molar-refractivity contribution < 1.29 is 14.3 Å². The number of likely N-dealkylation sites (tertiary alicyclic amines) is 1. The van der Waals surface area contributed by atoms with Gasteiger partial charge in [0, 0.05) is 29.8 Å². The lowest BCUT2D eigenvalue weighted by atomic mass is 10.0. The van der Waals surface area contributed by atoms with Crippen LogP contribution in [0.4, 0.5) is 5.69 Å². The zero-order valence-corrected chi connectivity index (χ0v) is 18.5. The molecule has 10 heteroatoms. The number of nitrogens with one attached hydrogen (secondary N) is 2. The summed E-state index contributed by atoms with van der Waals surface area (Å²) >= 11 is 7.03. The van der Waals surface area contributed by atoms with Crippen LogP contribution in [0.5, 0.6) is 0 Å². The van der Waals surface area contributed by atoms with Gasteiger partial charge in [0.25, 0.3) is 5.91 Å². The van der Waals surface area contributed by atoms with Crippen LogP contribution in [0, 0.1) is 0 Å². The summed E-state index contributed by atoms with van der Waals surface area (Å²) in [5.41, 5.74) is 0.580. The Kier molecular flexibility index (Phi) is 8.56. The van der Waals surface area contributed by atoms with Gasteiger partial charge in [0.05, 0.1) is 0 Å². The molecule has 0 radical (unpaired) electrons. The van der Waals surface area contributed by atoms with E-state index in [1.807, 2.05) is 0 Å². The molecule has 2 amide bonds. The minimum Gasteiger partial charge on any atom is -0.364 e. The second kappa shape index (κ2) is 11.4. The highest BCUT2D eigenvalue weighted by molar-refractivity contribution is 7.13. The first-order valence-electron chi connectivity index (χ1n) is 9.99. The van der Waals surface area contributed by atoms with Gasteiger partial charge in [0.2, 0.25) is 10.9 Å². The standard InChI is InChI=1S/C20H26ClN5O3S/c1-14-5-2-3-9-26(14)10-8-22-17(27)12-29-13-18-24-25-20(30-18)19(28)23-16-7-4-6-15(21)11-16/h4,6-7,11,14H,2-3,5,8-10,12-13H2,1H3,(H,22,27)(H,23,28)/t14-/m1/s1. The van der Waals surface area contributed by atoms with Gasteiger partial charge in [-0.2, -0.15) is 0 Å². The van der Waals surface area contributed by atoms with E-state index in [2.05, 4.69) is 32.7 Å². The quantitative estimate of drug-likeness (QED) is 0.608. The second-order valence-corrected chi connectivity index (χ2v) is 8.69. The Hall–Kier alpha value is -2.07. The van der Waals surface area contributed by atoms with Crippen LogP contribution >= 0.6 is 22.9 Å². The zero-order chi connectivity index (χ0) is 21.3. The van der Waals surface area contributed by atoms with Crippen LogP contribution in [0.1, 0.15) is 41.0 Å². The van der Waals surface area contributed by atoms with Crippen molar-refractivity contribution >= 4 is 40.4 Å². The van der Waals surface area contributed by atoms with E-state index in [9.17, 15) is 9.59 Å². The fourth-order valence-electron chi connectivity index (χ4n) is 3.27. The largest absolute Gasteiger partial charge is 0.364 e. The molecular weight excluding hydrogens is 426 g/mol. The Bertz CT molecular complexity index is 862. The minimum atomic E-state index is -0.370. The molecule has 0 unspecified atom stereocenters. The SMILES string of the molecule is C[C@@H]1CCCCN1CCNC(=O)COCc1nnc(C(=O)Nc2cccc(Cl)c2)s1. The van der Waals surface area contributed by atoms with Crippen molar-refractivity contribution in [1.29, 1.82) is 0 Å². The highest BCUT2D eigenvalue weighted by atomic mass is 35.5. The van der Waals surface area contributed by atoms with E-state index in [0.717, 1.165) is 24.4 Å². The van der Waals surface area contributed by atoms with Crippen molar-refractivity contribution in [3.8, 4) is 0 Å². The lowest BCUT2D eigenvalue weighted by Crippen LogP contribution is -2.43. The molecule has 2 heterocycles. The van der Waals surface area contributed by atoms with Crippen molar-refractivity contribution in [3.63, 3.8) is 0 Å². The smallest absolute Gasteiger partial charge is 0.286 e. The lowest BCUT2D eigenvalue weighted by Gasteiger charge is -2.33. The van der Waals surface area contributed by atoms with Gasteiger partial charge in [-0.25, -0.2) is 0 Å². The van der Waals surface area contributed by atoms with Crippen LogP contribution in [-0.2, 0) is 16.1 Å². The van der Waals surface area contributed by atoms with Gasteiger partial charge in [-0.15, -0.1) is 10.2 Å². The summed E-state index contributed by atoms with van der Waals surface area (Å²) in [5, 5.41) is 14.7. The topological polar surface area (TPSA) is 96.5 Å². The maximum Gasteiger partial charge on any atom is 0.286 e. The number of hydrogen-bond acceptors (Lipinski definition) is 7. The molecule has 0 saturated carbocycles. The van der Waals surface area contributed by atoms with E-state index in [4.69, 9.17) is 16.3 Å². The zero-order valence-electron chi connectivity index (χ0n) is 16.9. The number of halogens is 1. The molecule has 1 saturated heterocycles. The molecular formula is C20H26ClN5O3S. The number of piperidine rings is 1. The summed E-state index contributed by atoms with van der Waals surface area (Å²) in [5.74, 6) is -0.534. The van der Waals surface area contributed by atoms with Gasteiger partial charge in [0.1, 0.15) is 18.2 Å². The Balaban J connectivity index is 1.34. The molecule has 8 nitrogen and oxygen atoms in total. The van der Waals surface area contributed by atoms with Gasteiger partial charge in [-0.05, 0) is 44.5 Å². The molecule has 2 N–H and O–H groups in total. The third-order valence-corrected chi connectivity index (χ3v) is 5.99. The third-order valence-electron chi connectivity index (χ3n) is 4.86. The summed E-state index contributed by atoms with van der Waals surface area (Å²) in [7, 11) is 0. The van der Waals surface area contributed by atoms with E-state index in [-0.39, 0.29) is 30.0 Å². The molecule has 0 spiro atoms. The first-order chi connectivity index (χ1) is 14.5. The molecule has 1 aromatic carbocycles. The number of anilines is 1. The predicted molar refractivity (Wildman–Crippen MR) is 117 cm³/mol. The van der Waals surface area contributed by atoms with Crippen molar-refractivity contribution in [1.82, 2.24) is 20.4 Å². The van der Waals surface area contributed by atoms with Crippen LogP contribution in [-0.4, -0.2) is 59.2 Å². The number of ether oxygens (including phenoxy) is 1. The summed E-state index contributed by atoms with van der Waals surface area (Å²) in [6.45, 7) is 4.86. The van der Waals surface area contributed by atoms with Crippen molar-refractivity contribution in [2.24, 2.45) is 0 Å².